The third-order valence-electron chi connectivity index (χ3n) is 19.0. The monoisotopic (exact) mass is 1020 g/mol. The van der Waals surface area contributed by atoms with Crippen molar-refractivity contribution >= 4 is 144 Å². The number of hydrogen-bond acceptors (Lipinski definition) is 4. The third kappa shape index (κ3) is 5.65. The molecule has 8 heterocycles. The van der Waals surface area contributed by atoms with Crippen molar-refractivity contribution in [3.8, 4) is 44.5 Å². The van der Waals surface area contributed by atoms with Crippen molar-refractivity contribution in [3.63, 3.8) is 0 Å². The number of hydrogen-bond donors (Lipinski definition) is 0. The molecule has 0 fully saturated rings. The average molecular weight is 1020 g/mol. The molecule has 0 spiro atoms. The number of thiophene rings is 2. The largest absolute Gasteiger partial charge is 0.377 e. The molecule has 7 heteroatoms. The second-order valence-electron chi connectivity index (χ2n) is 27.6. The maximum absolute atomic E-state index is 2.91. The Morgan fingerprint density at radius 1 is 0.325 bits per heavy atom. The van der Waals surface area contributed by atoms with E-state index in [0.717, 1.165) is 0 Å². The summed E-state index contributed by atoms with van der Waals surface area (Å²) in [5.41, 5.74) is 32.1. The highest BCUT2D eigenvalue weighted by Gasteiger charge is 2.57. The van der Waals surface area contributed by atoms with Gasteiger partial charge in [0.25, 0.3) is 6.71 Å². The van der Waals surface area contributed by atoms with Crippen molar-refractivity contribution in [2.24, 2.45) is 0 Å². The zero-order valence-corrected chi connectivity index (χ0v) is 47.9. The number of anilines is 4. The standard InChI is InChI=1S/C70H59B3N2S2/c1-67(2,3)36-21-23-40-46-29-38(69(7,8)9)33-54-61(46)74-63-48(58-50(72(74)52(40)31-36)27-25-44-42-17-13-15-19-56(42)76-65(44)58)35-49-59-51(28-26-45-43-18-14-16-20-57(43)77-66(45)59)73-53-32-37(68(4,5)6)22-24-41(53)47-30-39(70(10,11)12)34-55-62(47)75(73)64(49)60(63)71(54)55/h13-35H,1-12H3. The van der Waals surface area contributed by atoms with Crippen LogP contribution in [0.2, 0.25) is 0 Å². The minimum Gasteiger partial charge on any atom is -0.377 e. The summed E-state index contributed by atoms with van der Waals surface area (Å²) in [6.07, 6.45) is 0. The van der Waals surface area contributed by atoms with E-state index >= 15 is 0 Å². The quantitative estimate of drug-likeness (QED) is 0.140. The second-order valence-corrected chi connectivity index (χ2v) is 29.7. The molecule has 0 atom stereocenters. The normalized spacial score (nSPS) is 15.1. The molecule has 77 heavy (non-hydrogen) atoms. The van der Waals surface area contributed by atoms with E-state index in [1.165, 1.54) is 168 Å². The number of rotatable bonds is 0. The highest BCUT2D eigenvalue weighted by molar-refractivity contribution is 7.27. The fourth-order valence-electron chi connectivity index (χ4n) is 15.2. The van der Waals surface area contributed by atoms with Gasteiger partial charge >= 0.3 is 13.7 Å². The van der Waals surface area contributed by atoms with Crippen molar-refractivity contribution in [2.45, 2.75) is 105 Å². The molecule has 0 radical (unpaired) electrons. The summed E-state index contributed by atoms with van der Waals surface area (Å²) in [5, 5.41) is 5.42. The van der Waals surface area contributed by atoms with Crippen molar-refractivity contribution in [1.29, 1.82) is 0 Å². The Morgan fingerprint density at radius 3 is 1.14 bits per heavy atom. The van der Waals surface area contributed by atoms with Crippen LogP contribution in [0.25, 0.3) is 84.9 Å². The number of nitrogens with zero attached hydrogens (tertiary/aromatic N) is 2. The Morgan fingerprint density at radius 2 is 0.727 bits per heavy atom. The summed E-state index contributed by atoms with van der Waals surface area (Å²) < 4.78 is 5.51. The van der Waals surface area contributed by atoms with Gasteiger partial charge in [-0.3, -0.25) is 0 Å². The lowest BCUT2D eigenvalue weighted by molar-refractivity contribution is 0.590. The SMILES string of the molecule is CC(C)(C)c1ccc2c(c1)B1c3ccc4c(sc5ccccc54)c3-c3cc4c5c6c3N1c1c(cc(C(C)(C)C)cc1-2)B6c1cc(C(C)(C)C)cc2c1N5B(c1cc(C(C)(C)C)ccc1-2)c1ccc2c(sc3ccccc32)c1-4. The van der Waals surface area contributed by atoms with Crippen molar-refractivity contribution in [2.75, 3.05) is 9.62 Å². The van der Waals surface area contributed by atoms with Crippen LogP contribution < -0.4 is 47.9 Å². The molecule has 0 aliphatic carbocycles. The fourth-order valence-corrected chi connectivity index (χ4v) is 17.7. The molecular formula is C70H59B3N2S2. The van der Waals surface area contributed by atoms with Crippen molar-refractivity contribution in [1.82, 2.24) is 0 Å². The van der Waals surface area contributed by atoms with Crippen molar-refractivity contribution < 1.29 is 0 Å². The van der Waals surface area contributed by atoms with Gasteiger partial charge in [-0.25, -0.2) is 0 Å². The first-order valence-electron chi connectivity index (χ1n) is 28.1. The molecule has 0 unspecified atom stereocenters. The van der Waals surface area contributed by atoms with Crippen LogP contribution in [-0.2, 0) is 21.7 Å². The number of fused-ring (bicyclic) bond motifs is 22. The Balaban J connectivity index is 1.13. The van der Waals surface area contributed by atoms with Gasteiger partial charge in [-0.15, -0.1) is 22.7 Å². The fraction of sp³-hybridized carbons (Fsp3) is 0.229. The minimum absolute atomic E-state index is 0.0169. The zero-order valence-electron chi connectivity index (χ0n) is 46.2. The maximum atomic E-state index is 2.91. The van der Waals surface area contributed by atoms with E-state index in [1.807, 2.05) is 22.7 Å². The van der Waals surface area contributed by atoms with E-state index in [4.69, 9.17) is 0 Å². The molecule has 0 saturated heterocycles. The Hall–Kier alpha value is -6.79. The van der Waals surface area contributed by atoms with Gasteiger partial charge in [0.1, 0.15) is 0 Å². The molecular weight excluding hydrogens is 965 g/mol. The zero-order chi connectivity index (χ0) is 52.5. The van der Waals surface area contributed by atoms with Gasteiger partial charge in [0.2, 0.25) is 0 Å². The topological polar surface area (TPSA) is 6.48 Å². The van der Waals surface area contributed by atoms with Crippen LogP contribution in [0.15, 0.2) is 140 Å². The summed E-state index contributed by atoms with van der Waals surface area (Å²) in [6.45, 7) is 28.8. The molecule has 9 aromatic carbocycles. The Labute approximate surface area is 462 Å². The molecule has 0 amide bonds. The summed E-state index contributed by atoms with van der Waals surface area (Å²) in [7, 11) is 0. The summed E-state index contributed by atoms with van der Waals surface area (Å²) in [6, 6.07) is 56.7. The van der Waals surface area contributed by atoms with E-state index in [9.17, 15) is 0 Å². The predicted molar refractivity (Wildman–Crippen MR) is 341 cm³/mol. The second kappa shape index (κ2) is 14.3. The highest BCUT2D eigenvalue weighted by Crippen LogP contribution is 2.59. The van der Waals surface area contributed by atoms with E-state index in [1.54, 1.807) is 0 Å². The van der Waals surface area contributed by atoms with Crippen molar-refractivity contribution in [3.05, 3.63) is 162 Å². The maximum Gasteiger partial charge on any atom is 0.329 e. The van der Waals surface area contributed by atoms with Crippen LogP contribution in [0.3, 0.4) is 0 Å². The lowest BCUT2D eigenvalue weighted by atomic mass is 9.28. The first-order chi connectivity index (χ1) is 36.7. The highest BCUT2D eigenvalue weighted by atomic mass is 32.1. The molecule has 17 rings (SSSR count). The van der Waals surface area contributed by atoms with Gasteiger partial charge in [-0.2, -0.15) is 0 Å². The summed E-state index contributed by atoms with van der Waals surface area (Å²) in [4.78, 5) is 5.82. The molecule has 370 valence electrons. The van der Waals surface area contributed by atoms with Gasteiger partial charge < -0.3 is 9.62 Å². The predicted octanol–water partition coefficient (Wildman–Crippen LogP) is 14.6. The van der Waals surface area contributed by atoms with Crippen LogP contribution in [0.5, 0.6) is 0 Å². The molecule has 0 N–H and O–H groups in total. The molecule has 11 aromatic rings. The molecule has 6 aliphatic rings. The molecule has 0 bridgehead atoms. The minimum atomic E-state index is -0.0926. The molecule has 2 nitrogen and oxygen atoms in total. The van der Waals surface area contributed by atoms with E-state index in [-0.39, 0.29) is 42.1 Å². The van der Waals surface area contributed by atoms with Gasteiger partial charge in [-0.05, 0) is 135 Å². The van der Waals surface area contributed by atoms with Crippen LogP contribution in [0, 0.1) is 0 Å². The van der Waals surface area contributed by atoms with E-state index in [2.05, 4.69) is 232 Å². The van der Waals surface area contributed by atoms with Gasteiger partial charge in [0.15, 0.2) is 0 Å². The summed E-state index contributed by atoms with van der Waals surface area (Å²) in [5.74, 6) is 0. The molecule has 2 aromatic heterocycles. The first kappa shape index (κ1) is 45.3. The lowest BCUT2D eigenvalue weighted by Crippen LogP contribution is -2.72. The Kier molecular flexibility index (Phi) is 8.39. The van der Waals surface area contributed by atoms with E-state index in [0.29, 0.717) is 0 Å². The smallest absolute Gasteiger partial charge is 0.329 e. The van der Waals surface area contributed by atoms with E-state index < -0.39 is 0 Å². The average Bonchev–Trinajstić information content (AvgIpc) is 3.45. The molecule has 6 aliphatic heterocycles. The third-order valence-corrected chi connectivity index (χ3v) is 21.4. The Bertz CT molecular complexity index is 4310. The first-order valence-corrected chi connectivity index (χ1v) is 29.7. The van der Waals surface area contributed by atoms with Crippen LogP contribution >= 0.6 is 22.7 Å². The molecule has 0 saturated carbocycles. The van der Waals surface area contributed by atoms with Gasteiger partial charge in [0, 0.05) is 85.3 Å². The lowest BCUT2D eigenvalue weighted by Gasteiger charge is -2.55. The van der Waals surface area contributed by atoms with Crippen LogP contribution in [0.4, 0.5) is 22.7 Å². The van der Waals surface area contributed by atoms with Gasteiger partial charge in [0.05, 0.1) is 0 Å². The van der Waals surface area contributed by atoms with Gasteiger partial charge in [-0.1, -0.05) is 192 Å². The van der Waals surface area contributed by atoms with Crippen LogP contribution in [-0.4, -0.2) is 20.4 Å². The van der Waals surface area contributed by atoms with Crippen LogP contribution in [0.1, 0.15) is 105 Å². The number of benzene rings is 9. The summed E-state index contributed by atoms with van der Waals surface area (Å²) >= 11 is 3.99.